The second kappa shape index (κ2) is 7.72. The fraction of sp³-hybridized carbons (Fsp3) is 0.538. The molecular weight excluding hydrogens is 206 g/mol. The van der Waals surface area contributed by atoms with Crippen molar-refractivity contribution in [3.05, 3.63) is 35.9 Å². The van der Waals surface area contributed by atoms with Crippen molar-refractivity contribution in [1.29, 1.82) is 0 Å². The van der Waals surface area contributed by atoms with Crippen LogP contribution in [0.15, 0.2) is 30.3 Å². The van der Waals surface area contributed by atoms with Crippen LogP contribution in [0.2, 0.25) is 0 Å². The van der Waals surface area contributed by atoms with Crippen molar-refractivity contribution in [2.45, 2.75) is 44.7 Å². The van der Waals surface area contributed by atoms with Gasteiger partial charge in [0.05, 0.1) is 5.50 Å². The Morgan fingerprint density at radius 1 is 1.20 bits per heavy atom. The molecule has 1 aromatic carbocycles. The zero-order valence-corrected chi connectivity index (χ0v) is 10.1. The summed E-state index contributed by atoms with van der Waals surface area (Å²) in [6.07, 6.45) is 4.80. The summed E-state index contributed by atoms with van der Waals surface area (Å²) >= 11 is 6.16. The maximum Gasteiger partial charge on any atom is 0.0828 e. The molecule has 1 nitrogen and oxygen atoms in total. The standard InChI is InChI=1S/C13H20ClN/c1-2-3-5-10-13(14)15-11-12-8-6-4-7-9-12/h4,6-9,13,15H,2-3,5,10-11H2,1H3. The van der Waals surface area contributed by atoms with E-state index in [1.165, 1.54) is 24.8 Å². The topological polar surface area (TPSA) is 12.0 Å². The predicted octanol–water partition coefficient (Wildman–Crippen LogP) is 3.92. The molecule has 1 N–H and O–H groups in total. The normalized spacial score (nSPS) is 12.7. The fourth-order valence-electron chi connectivity index (χ4n) is 1.50. The van der Waals surface area contributed by atoms with Gasteiger partial charge in [0.25, 0.3) is 0 Å². The minimum atomic E-state index is 0.108. The van der Waals surface area contributed by atoms with Crippen LogP contribution in [0, 0.1) is 0 Å². The van der Waals surface area contributed by atoms with Gasteiger partial charge in [0.2, 0.25) is 0 Å². The molecule has 1 rings (SSSR count). The van der Waals surface area contributed by atoms with Crippen molar-refractivity contribution in [1.82, 2.24) is 5.32 Å². The molecule has 1 aromatic rings. The number of rotatable bonds is 7. The molecule has 0 aliphatic heterocycles. The van der Waals surface area contributed by atoms with Gasteiger partial charge < -0.3 is 0 Å². The number of alkyl halides is 1. The lowest BCUT2D eigenvalue weighted by Crippen LogP contribution is -2.22. The highest BCUT2D eigenvalue weighted by molar-refractivity contribution is 6.20. The Hall–Kier alpha value is -0.530. The van der Waals surface area contributed by atoms with Crippen molar-refractivity contribution in [3.63, 3.8) is 0 Å². The number of hydrogen-bond acceptors (Lipinski definition) is 1. The first-order valence-electron chi connectivity index (χ1n) is 5.74. The number of benzene rings is 1. The summed E-state index contributed by atoms with van der Waals surface area (Å²) in [5, 5.41) is 3.32. The molecule has 0 saturated heterocycles. The number of nitrogens with one attached hydrogen (secondary N) is 1. The van der Waals surface area contributed by atoms with E-state index in [2.05, 4.69) is 36.5 Å². The SMILES string of the molecule is CCCCCC(Cl)NCc1ccccc1. The highest BCUT2D eigenvalue weighted by Crippen LogP contribution is 2.07. The molecule has 84 valence electrons. The Bertz CT molecular complexity index is 248. The lowest BCUT2D eigenvalue weighted by atomic mass is 10.2. The minimum absolute atomic E-state index is 0.108. The van der Waals surface area contributed by atoms with Crippen molar-refractivity contribution < 1.29 is 0 Å². The lowest BCUT2D eigenvalue weighted by molar-refractivity contribution is 0.560. The smallest absolute Gasteiger partial charge is 0.0828 e. The molecular formula is C13H20ClN. The average molecular weight is 226 g/mol. The Morgan fingerprint density at radius 3 is 2.60 bits per heavy atom. The first-order chi connectivity index (χ1) is 7.33. The summed E-state index contributed by atoms with van der Waals surface area (Å²) < 4.78 is 0. The van der Waals surface area contributed by atoms with Gasteiger partial charge in [-0.25, -0.2) is 0 Å². The summed E-state index contributed by atoms with van der Waals surface area (Å²) in [5.74, 6) is 0. The summed E-state index contributed by atoms with van der Waals surface area (Å²) in [6.45, 7) is 3.07. The van der Waals surface area contributed by atoms with Crippen LogP contribution in [-0.4, -0.2) is 5.50 Å². The molecule has 0 heterocycles. The maximum atomic E-state index is 6.16. The van der Waals surface area contributed by atoms with Crippen LogP contribution in [0.4, 0.5) is 0 Å². The molecule has 0 aliphatic carbocycles. The fourth-order valence-corrected chi connectivity index (χ4v) is 1.73. The molecule has 2 heteroatoms. The zero-order chi connectivity index (χ0) is 10.9. The molecule has 15 heavy (non-hydrogen) atoms. The van der Waals surface area contributed by atoms with Crippen LogP contribution in [-0.2, 0) is 6.54 Å². The molecule has 0 aliphatic rings. The van der Waals surface area contributed by atoms with E-state index in [1.807, 2.05) is 6.07 Å². The van der Waals surface area contributed by atoms with Crippen molar-refractivity contribution >= 4 is 11.6 Å². The average Bonchev–Trinajstić information content (AvgIpc) is 2.28. The van der Waals surface area contributed by atoms with Gasteiger partial charge in [-0.15, -0.1) is 11.6 Å². The van der Waals surface area contributed by atoms with Crippen molar-refractivity contribution in [2.75, 3.05) is 0 Å². The first-order valence-corrected chi connectivity index (χ1v) is 6.18. The van der Waals surface area contributed by atoms with Crippen molar-refractivity contribution in [2.24, 2.45) is 0 Å². The zero-order valence-electron chi connectivity index (χ0n) is 9.38. The van der Waals surface area contributed by atoms with E-state index in [4.69, 9.17) is 11.6 Å². The quantitative estimate of drug-likeness (QED) is 0.421. The number of unbranched alkanes of at least 4 members (excludes halogenated alkanes) is 2. The summed E-state index contributed by atoms with van der Waals surface area (Å²) in [7, 11) is 0. The van der Waals surface area contributed by atoms with Gasteiger partial charge in [0, 0.05) is 6.54 Å². The first kappa shape index (κ1) is 12.5. The molecule has 0 aromatic heterocycles. The lowest BCUT2D eigenvalue weighted by Gasteiger charge is -2.11. The Kier molecular flexibility index (Phi) is 6.45. The maximum absolute atomic E-state index is 6.16. The molecule has 0 radical (unpaired) electrons. The van der Waals surface area contributed by atoms with E-state index in [0.29, 0.717) is 0 Å². The second-order valence-electron chi connectivity index (χ2n) is 3.83. The molecule has 1 atom stereocenters. The van der Waals surface area contributed by atoms with Crippen LogP contribution < -0.4 is 5.32 Å². The third-order valence-corrected chi connectivity index (χ3v) is 2.80. The summed E-state index contributed by atoms with van der Waals surface area (Å²) in [5.41, 5.74) is 1.40. The van der Waals surface area contributed by atoms with Gasteiger partial charge in [-0.2, -0.15) is 0 Å². The van der Waals surface area contributed by atoms with E-state index >= 15 is 0 Å². The second-order valence-corrected chi connectivity index (χ2v) is 4.36. The monoisotopic (exact) mass is 225 g/mol. The van der Waals surface area contributed by atoms with Crippen LogP contribution in [0.25, 0.3) is 0 Å². The van der Waals surface area contributed by atoms with Gasteiger partial charge >= 0.3 is 0 Å². The van der Waals surface area contributed by atoms with E-state index < -0.39 is 0 Å². The van der Waals surface area contributed by atoms with Crippen LogP contribution in [0.3, 0.4) is 0 Å². The van der Waals surface area contributed by atoms with Gasteiger partial charge in [0.1, 0.15) is 0 Å². The van der Waals surface area contributed by atoms with E-state index in [-0.39, 0.29) is 5.50 Å². The minimum Gasteiger partial charge on any atom is -0.297 e. The molecule has 0 spiro atoms. The largest absolute Gasteiger partial charge is 0.297 e. The Morgan fingerprint density at radius 2 is 1.93 bits per heavy atom. The van der Waals surface area contributed by atoms with Gasteiger partial charge in [-0.1, -0.05) is 56.5 Å². The molecule has 0 saturated carbocycles. The third kappa shape index (κ3) is 5.81. The Labute approximate surface area is 97.8 Å². The van der Waals surface area contributed by atoms with Crippen LogP contribution >= 0.6 is 11.6 Å². The molecule has 0 fully saturated rings. The summed E-state index contributed by atoms with van der Waals surface area (Å²) in [4.78, 5) is 0. The van der Waals surface area contributed by atoms with Crippen LogP contribution in [0.1, 0.15) is 38.2 Å². The molecule has 0 bridgehead atoms. The van der Waals surface area contributed by atoms with E-state index in [1.54, 1.807) is 0 Å². The van der Waals surface area contributed by atoms with Gasteiger partial charge in [0.15, 0.2) is 0 Å². The molecule has 1 unspecified atom stereocenters. The van der Waals surface area contributed by atoms with Gasteiger partial charge in [-0.05, 0) is 12.0 Å². The van der Waals surface area contributed by atoms with E-state index in [9.17, 15) is 0 Å². The number of hydrogen-bond donors (Lipinski definition) is 1. The van der Waals surface area contributed by atoms with Gasteiger partial charge in [-0.3, -0.25) is 5.32 Å². The van der Waals surface area contributed by atoms with Crippen molar-refractivity contribution in [3.8, 4) is 0 Å². The molecule has 0 amide bonds. The summed E-state index contributed by atoms with van der Waals surface area (Å²) in [6, 6.07) is 10.4. The predicted molar refractivity (Wildman–Crippen MR) is 67.1 cm³/mol. The van der Waals surface area contributed by atoms with Crippen LogP contribution in [0.5, 0.6) is 0 Å². The van der Waals surface area contributed by atoms with E-state index in [0.717, 1.165) is 13.0 Å². The third-order valence-electron chi connectivity index (χ3n) is 2.43. The number of halogens is 1. The Balaban J connectivity index is 2.14. The highest BCUT2D eigenvalue weighted by Gasteiger charge is 2.02. The highest BCUT2D eigenvalue weighted by atomic mass is 35.5.